The Bertz CT molecular complexity index is 221. The van der Waals surface area contributed by atoms with E-state index >= 15 is 0 Å². The van der Waals surface area contributed by atoms with E-state index in [1.165, 1.54) is 38.5 Å². The Hall–Kier alpha value is -0.790. The van der Waals surface area contributed by atoms with E-state index in [0.29, 0.717) is 18.1 Å². The average molecular weight is 240 g/mol. The number of unbranched alkanes of at least 4 members (excludes halogenated alkanes) is 4. The zero-order valence-electron chi connectivity index (χ0n) is 11.8. The fourth-order valence-corrected chi connectivity index (χ4v) is 1.72. The van der Waals surface area contributed by atoms with E-state index in [0.717, 1.165) is 6.42 Å². The van der Waals surface area contributed by atoms with Gasteiger partial charge in [-0.2, -0.15) is 0 Å². The molecule has 1 atom stereocenters. The van der Waals surface area contributed by atoms with Gasteiger partial charge in [-0.3, -0.25) is 0 Å². The van der Waals surface area contributed by atoms with Crippen LogP contribution >= 0.6 is 0 Å². The van der Waals surface area contributed by atoms with Gasteiger partial charge >= 0.3 is 5.97 Å². The Balaban J connectivity index is 3.37. The molecule has 0 rings (SSSR count). The van der Waals surface area contributed by atoms with Crippen LogP contribution in [0, 0.1) is 5.92 Å². The molecule has 2 nitrogen and oxygen atoms in total. The van der Waals surface area contributed by atoms with E-state index in [2.05, 4.69) is 20.4 Å². The number of hydrogen-bond donors (Lipinski definition) is 0. The van der Waals surface area contributed by atoms with Crippen LogP contribution < -0.4 is 0 Å². The van der Waals surface area contributed by atoms with Crippen LogP contribution in [0.3, 0.4) is 0 Å². The first-order valence-electron chi connectivity index (χ1n) is 6.90. The normalized spacial score (nSPS) is 12.2. The Morgan fingerprint density at radius 2 is 1.82 bits per heavy atom. The van der Waals surface area contributed by atoms with Gasteiger partial charge in [-0.15, -0.1) is 0 Å². The number of rotatable bonds is 10. The van der Waals surface area contributed by atoms with E-state index < -0.39 is 0 Å². The van der Waals surface area contributed by atoms with Gasteiger partial charge in [-0.25, -0.2) is 4.79 Å². The molecule has 0 saturated carbocycles. The topological polar surface area (TPSA) is 26.3 Å². The molecule has 0 N–H and O–H groups in total. The summed E-state index contributed by atoms with van der Waals surface area (Å²) in [6, 6.07) is 0. The zero-order valence-corrected chi connectivity index (χ0v) is 11.8. The van der Waals surface area contributed by atoms with Crippen LogP contribution in [0.25, 0.3) is 0 Å². The van der Waals surface area contributed by atoms with Crippen LogP contribution in [-0.4, -0.2) is 12.6 Å². The van der Waals surface area contributed by atoms with Crippen molar-refractivity contribution < 1.29 is 9.53 Å². The van der Waals surface area contributed by atoms with Crippen LogP contribution in [0.2, 0.25) is 0 Å². The molecule has 2 heteroatoms. The first-order chi connectivity index (χ1) is 8.07. The van der Waals surface area contributed by atoms with Gasteiger partial charge in [0.05, 0.1) is 6.61 Å². The molecule has 0 heterocycles. The predicted octanol–water partition coefficient (Wildman–Crippen LogP) is 4.49. The van der Waals surface area contributed by atoms with Crippen molar-refractivity contribution in [1.82, 2.24) is 0 Å². The molecule has 1 unspecified atom stereocenters. The summed E-state index contributed by atoms with van der Waals surface area (Å²) < 4.78 is 5.08. The summed E-state index contributed by atoms with van der Waals surface area (Å²) >= 11 is 0. The molecule has 0 saturated heterocycles. The van der Waals surface area contributed by atoms with Gasteiger partial charge < -0.3 is 4.74 Å². The first-order valence-corrected chi connectivity index (χ1v) is 6.90. The fourth-order valence-electron chi connectivity index (χ4n) is 1.72. The third-order valence-corrected chi connectivity index (χ3v) is 2.99. The maximum Gasteiger partial charge on any atom is 0.333 e. The second kappa shape index (κ2) is 10.4. The molecule has 0 aromatic heterocycles. The molecular formula is C15H28O2. The highest BCUT2D eigenvalue weighted by Crippen LogP contribution is 2.14. The molecule has 0 bridgehead atoms. The van der Waals surface area contributed by atoms with E-state index in [4.69, 9.17) is 4.74 Å². The summed E-state index contributed by atoms with van der Waals surface area (Å²) in [7, 11) is 0. The average Bonchev–Trinajstić information content (AvgIpc) is 2.28. The van der Waals surface area contributed by atoms with E-state index in [9.17, 15) is 4.79 Å². The molecule has 0 aliphatic heterocycles. The molecular weight excluding hydrogens is 212 g/mol. The second-order valence-corrected chi connectivity index (χ2v) is 5.01. The van der Waals surface area contributed by atoms with Crippen molar-refractivity contribution in [2.75, 3.05) is 6.61 Å². The van der Waals surface area contributed by atoms with Crippen molar-refractivity contribution in [2.24, 2.45) is 5.92 Å². The third kappa shape index (κ3) is 10.1. The highest BCUT2D eigenvalue weighted by Gasteiger charge is 2.06. The van der Waals surface area contributed by atoms with Crippen molar-refractivity contribution in [1.29, 1.82) is 0 Å². The number of ether oxygens (including phenoxy) is 1. The Kier molecular flexibility index (Phi) is 9.89. The number of carbonyl (C=O) groups is 1. The Morgan fingerprint density at radius 1 is 1.18 bits per heavy atom. The SMILES string of the molecule is C=C(C)C(=O)OCCC(C)CCCCCCC. The molecule has 0 amide bonds. The smallest absolute Gasteiger partial charge is 0.333 e. The van der Waals surface area contributed by atoms with Crippen molar-refractivity contribution in [3.05, 3.63) is 12.2 Å². The van der Waals surface area contributed by atoms with Gasteiger partial charge in [0.25, 0.3) is 0 Å². The lowest BCUT2D eigenvalue weighted by Crippen LogP contribution is -2.09. The van der Waals surface area contributed by atoms with Gasteiger partial charge in [0.1, 0.15) is 0 Å². The summed E-state index contributed by atoms with van der Waals surface area (Å²) in [4.78, 5) is 11.1. The highest BCUT2D eigenvalue weighted by atomic mass is 16.5. The Morgan fingerprint density at radius 3 is 2.41 bits per heavy atom. The van der Waals surface area contributed by atoms with Gasteiger partial charge in [-0.05, 0) is 19.3 Å². The summed E-state index contributed by atoms with van der Waals surface area (Å²) in [6.45, 7) is 10.2. The molecule has 0 aromatic carbocycles. The monoisotopic (exact) mass is 240 g/mol. The first kappa shape index (κ1) is 16.2. The van der Waals surface area contributed by atoms with Crippen molar-refractivity contribution in [3.63, 3.8) is 0 Å². The van der Waals surface area contributed by atoms with Crippen LogP contribution in [0.15, 0.2) is 12.2 Å². The lowest BCUT2D eigenvalue weighted by Gasteiger charge is -2.11. The standard InChI is InChI=1S/C15H28O2/c1-5-6-7-8-9-10-14(4)11-12-17-15(16)13(2)3/h14H,2,5-12H2,1,3-4H3. The molecule has 0 aliphatic rings. The molecule has 17 heavy (non-hydrogen) atoms. The lowest BCUT2D eigenvalue weighted by molar-refractivity contribution is -0.139. The number of carbonyl (C=O) groups excluding carboxylic acids is 1. The van der Waals surface area contributed by atoms with Gasteiger partial charge in [0.2, 0.25) is 0 Å². The van der Waals surface area contributed by atoms with Crippen LogP contribution in [0.4, 0.5) is 0 Å². The molecule has 100 valence electrons. The van der Waals surface area contributed by atoms with Crippen molar-refractivity contribution in [3.8, 4) is 0 Å². The van der Waals surface area contributed by atoms with Crippen LogP contribution in [0.1, 0.15) is 65.7 Å². The second-order valence-electron chi connectivity index (χ2n) is 5.01. The maximum absolute atomic E-state index is 11.1. The fraction of sp³-hybridized carbons (Fsp3) is 0.800. The van der Waals surface area contributed by atoms with E-state index in [-0.39, 0.29) is 5.97 Å². The molecule has 0 aliphatic carbocycles. The molecule has 0 radical (unpaired) electrons. The number of esters is 1. The van der Waals surface area contributed by atoms with Gasteiger partial charge in [0.15, 0.2) is 0 Å². The van der Waals surface area contributed by atoms with Gasteiger partial charge in [-0.1, -0.05) is 59.0 Å². The highest BCUT2D eigenvalue weighted by molar-refractivity contribution is 5.86. The summed E-state index contributed by atoms with van der Waals surface area (Å²) in [5.74, 6) is 0.384. The predicted molar refractivity (Wildman–Crippen MR) is 72.9 cm³/mol. The molecule has 0 aromatic rings. The van der Waals surface area contributed by atoms with Crippen LogP contribution in [-0.2, 0) is 9.53 Å². The van der Waals surface area contributed by atoms with Crippen molar-refractivity contribution in [2.45, 2.75) is 65.7 Å². The zero-order chi connectivity index (χ0) is 13.1. The molecule has 0 fully saturated rings. The van der Waals surface area contributed by atoms with Gasteiger partial charge in [0, 0.05) is 5.57 Å². The van der Waals surface area contributed by atoms with Crippen LogP contribution in [0.5, 0.6) is 0 Å². The minimum absolute atomic E-state index is 0.264. The summed E-state index contributed by atoms with van der Waals surface area (Å²) in [5.41, 5.74) is 0.484. The maximum atomic E-state index is 11.1. The third-order valence-electron chi connectivity index (χ3n) is 2.99. The van der Waals surface area contributed by atoms with E-state index in [1.54, 1.807) is 6.92 Å². The summed E-state index contributed by atoms with van der Waals surface area (Å²) in [6.07, 6.45) is 8.85. The minimum Gasteiger partial charge on any atom is -0.462 e. The quantitative estimate of drug-likeness (QED) is 0.319. The number of hydrogen-bond acceptors (Lipinski definition) is 2. The summed E-state index contributed by atoms with van der Waals surface area (Å²) in [5, 5.41) is 0. The lowest BCUT2D eigenvalue weighted by atomic mass is 9.99. The van der Waals surface area contributed by atoms with E-state index in [1.807, 2.05) is 0 Å². The van der Waals surface area contributed by atoms with Crippen molar-refractivity contribution >= 4 is 5.97 Å². The minimum atomic E-state index is -0.264. The Labute approximate surface area is 106 Å². The largest absolute Gasteiger partial charge is 0.462 e. The molecule has 0 spiro atoms.